The lowest BCUT2D eigenvalue weighted by Crippen LogP contribution is -2.41. The number of aliphatic imine (C=N–C) groups is 1. The van der Waals surface area contributed by atoms with E-state index in [9.17, 15) is 0 Å². The van der Waals surface area contributed by atoms with Gasteiger partial charge in [-0.05, 0) is 32.1 Å². The molecule has 3 N–H and O–H groups in total. The summed E-state index contributed by atoms with van der Waals surface area (Å²) >= 11 is 0. The molecule has 0 saturated heterocycles. The Morgan fingerprint density at radius 2 is 1.96 bits per heavy atom. The third kappa shape index (κ3) is 4.69. The van der Waals surface area contributed by atoms with Crippen LogP contribution in [-0.2, 0) is 19.4 Å². The Balaban J connectivity index is 1.42. The largest absolute Gasteiger partial charge is 0.370 e. The molecule has 1 aliphatic carbocycles. The Morgan fingerprint density at radius 1 is 1.13 bits per heavy atom. The molecule has 1 saturated carbocycles. The van der Waals surface area contributed by atoms with Crippen molar-refractivity contribution in [2.75, 3.05) is 6.54 Å². The summed E-state index contributed by atoms with van der Waals surface area (Å²) in [5, 5.41) is 12.1. The van der Waals surface area contributed by atoms with Gasteiger partial charge in [-0.1, -0.05) is 25.7 Å². The van der Waals surface area contributed by atoms with Crippen molar-refractivity contribution in [2.45, 2.75) is 83.2 Å². The van der Waals surface area contributed by atoms with Gasteiger partial charge in [-0.2, -0.15) is 0 Å². The Hall–Kier alpha value is -1.59. The van der Waals surface area contributed by atoms with Gasteiger partial charge in [-0.15, -0.1) is 10.2 Å². The Kier molecular flexibility index (Phi) is 5.88. The van der Waals surface area contributed by atoms with Crippen LogP contribution in [0.25, 0.3) is 0 Å². The number of nitrogens with one attached hydrogen (secondary N) is 1. The molecule has 3 rings (SSSR count). The molecule has 6 heteroatoms. The average Bonchev–Trinajstić information content (AvgIpc) is 2.79. The number of nitrogens with zero attached hydrogens (tertiary/aromatic N) is 4. The van der Waals surface area contributed by atoms with Crippen molar-refractivity contribution in [3.05, 3.63) is 11.6 Å². The van der Waals surface area contributed by atoms with Crippen LogP contribution < -0.4 is 11.1 Å². The van der Waals surface area contributed by atoms with Gasteiger partial charge in [0.05, 0.1) is 0 Å². The van der Waals surface area contributed by atoms with E-state index in [-0.39, 0.29) is 0 Å². The monoisotopic (exact) mass is 318 g/mol. The van der Waals surface area contributed by atoms with Crippen molar-refractivity contribution in [3.63, 3.8) is 0 Å². The number of hydrogen-bond acceptors (Lipinski definition) is 3. The van der Waals surface area contributed by atoms with Crippen molar-refractivity contribution >= 4 is 5.96 Å². The third-order valence-electron chi connectivity index (χ3n) is 4.98. The molecule has 0 amide bonds. The Bertz CT molecular complexity index is 515. The zero-order chi connectivity index (χ0) is 15.9. The highest BCUT2D eigenvalue weighted by molar-refractivity contribution is 5.78. The molecule has 128 valence electrons. The van der Waals surface area contributed by atoms with E-state index in [0.29, 0.717) is 12.0 Å². The second-order valence-corrected chi connectivity index (χ2v) is 6.84. The lowest BCUT2D eigenvalue weighted by Gasteiger charge is -2.23. The minimum Gasteiger partial charge on any atom is -0.370 e. The number of aromatic nitrogens is 3. The van der Waals surface area contributed by atoms with Gasteiger partial charge in [-0.25, -0.2) is 0 Å². The smallest absolute Gasteiger partial charge is 0.188 e. The summed E-state index contributed by atoms with van der Waals surface area (Å²) in [4.78, 5) is 4.47. The summed E-state index contributed by atoms with van der Waals surface area (Å²) in [7, 11) is 0. The Labute approximate surface area is 139 Å². The van der Waals surface area contributed by atoms with Crippen LogP contribution in [0.3, 0.4) is 0 Å². The lowest BCUT2D eigenvalue weighted by atomic mass is 9.96. The maximum Gasteiger partial charge on any atom is 0.188 e. The van der Waals surface area contributed by atoms with Crippen LogP contribution in [0, 0.1) is 0 Å². The van der Waals surface area contributed by atoms with Crippen LogP contribution in [0.2, 0.25) is 0 Å². The van der Waals surface area contributed by atoms with Gasteiger partial charge in [0.2, 0.25) is 0 Å². The molecule has 2 heterocycles. The fourth-order valence-corrected chi connectivity index (χ4v) is 3.67. The molecule has 0 spiro atoms. The summed E-state index contributed by atoms with van der Waals surface area (Å²) in [6.45, 7) is 1.83. The van der Waals surface area contributed by atoms with Gasteiger partial charge in [-0.3, -0.25) is 4.99 Å². The number of aryl methyl sites for hydroxylation is 2. The topological polar surface area (TPSA) is 81.1 Å². The minimum absolute atomic E-state index is 0.528. The van der Waals surface area contributed by atoms with E-state index < -0.39 is 0 Å². The molecular formula is C17H30N6. The highest BCUT2D eigenvalue weighted by Gasteiger charge is 2.15. The number of guanidine groups is 1. The van der Waals surface area contributed by atoms with E-state index in [0.717, 1.165) is 38.2 Å². The number of nitrogens with two attached hydrogens (primary N) is 1. The first-order valence-corrected chi connectivity index (χ1v) is 9.30. The van der Waals surface area contributed by atoms with Crippen LogP contribution >= 0.6 is 0 Å². The van der Waals surface area contributed by atoms with Crippen LogP contribution in [0.5, 0.6) is 0 Å². The fraction of sp³-hybridized carbons (Fsp3) is 0.824. The summed E-state index contributed by atoms with van der Waals surface area (Å²) in [5.74, 6) is 2.90. The zero-order valence-corrected chi connectivity index (χ0v) is 14.1. The van der Waals surface area contributed by atoms with E-state index >= 15 is 0 Å². The number of fused-ring (bicyclic) bond motifs is 1. The van der Waals surface area contributed by atoms with Gasteiger partial charge >= 0.3 is 0 Å². The minimum atomic E-state index is 0.528. The number of hydrogen-bond donors (Lipinski definition) is 2. The maximum absolute atomic E-state index is 6.00. The van der Waals surface area contributed by atoms with E-state index in [1.807, 2.05) is 0 Å². The van der Waals surface area contributed by atoms with Gasteiger partial charge in [0, 0.05) is 32.0 Å². The van der Waals surface area contributed by atoms with E-state index in [1.54, 1.807) is 0 Å². The molecule has 1 aromatic rings. The Morgan fingerprint density at radius 3 is 2.83 bits per heavy atom. The van der Waals surface area contributed by atoms with E-state index in [4.69, 9.17) is 5.73 Å². The van der Waals surface area contributed by atoms with Crippen molar-refractivity contribution in [1.29, 1.82) is 0 Å². The first-order chi connectivity index (χ1) is 11.3. The second kappa shape index (κ2) is 8.31. The SMILES string of the molecule is NC(=NCCCc1nnc2n1CCCCC2)NC1CCCCC1. The third-order valence-corrected chi connectivity index (χ3v) is 4.98. The lowest BCUT2D eigenvalue weighted by molar-refractivity contribution is 0.412. The zero-order valence-electron chi connectivity index (χ0n) is 14.1. The first-order valence-electron chi connectivity index (χ1n) is 9.30. The predicted octanol–water partition coefficient (Wildman–Crippen LogP) is 2.17. The normalized spacial score (nSPS) is 20.1. The molecule has 0 atom stereocenters. The van der Waals surface area contributed by atoms with E-state index in [2.05, 4.69) is 25.1 Å². The van der Waals surface area contributed by atoms with E-state index in [1.165, 1.54) is 57.2 Å². The fourth-order valence-electron chi connectivity index (χ4n) is 3.67. The molecule has 0 aromatic carbocycles. The molecule has 1 fully saturated rings. The molecule has 6 nitrogen and oxygen atoms in total. The van der Waals surface area contributed by atoms with Gasteiger partial charge in [0.15, 0.2) is 5.96 Å². The average molecular weight is 318 g/mol. The molecule has 0 bridgehead atoms. The molecule has 0 radical (unpaired) electrons. The summed E-state index contributed by atoms with van der Waals surface area (Å²) in [6, 6.07) is 0.528. The molecule has 1 aromatic heterocycles. The van der Waals surface area contributed by atoms with Gasteiger partial charge in [0.1, 0.15) is 11.6 Å². The molecule has 23 heavy (non-hydrogen) atoms. The summed E-state index contributed by atoms with van der Waals surface area (Å²) in [6.07, 6.45) is 13.2. The molecule has 1 aliphatic heterocycles. The number of rotatable bonds is 5. The quantitative estimate of drug-likeness (QED) is 0.495. The summed E-state index contributed by atoms with van der Waals surface area (Å²) in [5.41, 5.74) is 6.00. The maximum atomic E-state index is 6.00. The van der Waals surface area contributed by atoms with Crippen molar-refractivity contribution in [3.8, 4) is 0 Å². The first kappa shape index (κ1) is 16.3. The standard InChI is InChI=1S/C17H30N6/c18-17(20-14-8-3-1-4-9-14)19-12-7-11-16-22-21-15-10-5-2-6-13-23(15)16/h14H,1-13H2,(H3,18,19,20). The van der Waals surface area contributed by atoms with Gasteiger partial charge in [0.25, 0.3) is 0 Å². The van der Waals surface area contributed by atoms with Crippen LogP contribution in [-0.4, -0.2) is 33.3 Å². The van der Waals surface area contributed by atoms with Gasteiger partial charge < -0.3 is 15.6 Å². The highest BCUT2D eigenvalue weighted by Crippen LogP contribution is 2.17. The van der Waals surface area contributed by atoms with Crippen molar-refractivity contribution in [2.24, 2.45) is 10.7 Å². The van der Waals surface area contributed by atoms with Crippen LogP contribution in [0.15, 0.2) is 4.99 Å². The molecular weight excluding hydrogens is 288 g/mol. The second-order valence-electron chi connectivity index (χ2n) is 6.84. The highest BCUT2D eigenvalue weighted by atomic mass is 15.3. The molecule has 0 unspecified atom stereocenters. The summed E-state index contributed by atoms with van der Waals surface area (Å²) < 4.78 is 2.32. The van der Waals surface area contributed by atoms with Crippen molar-refractivity contribution in [1.82, 2.24) is 20.1 Å². The van der Waals surface area contributed by atoms with Crippen LogP contribution in [0.4, 0.5) is 0 Å². The predicted molar refractivity (Wildman–Crippen MR) is 92.4 cm³/mol. The van der Waals surface area contributed by atoms with Crippen LogP contribution in [0.1, 0.15) is 69.4 Å². The van der Waals surface area contributed by atoms with Crippen molar-refractivity contribution < 1.29 is 0 Å². The molecule has 2 aliphatic rings.